The summed E-state index contributed by atoms with van der Waals surface area (Å²) in [7, 11) is 2.72. The van der Waals surface area contributed by atoms with Gasteiger partial charge in [-0.25, -0.2) is 9.59 Å². The summed E-state index contributed by atoms with van der Waals surface area (Å²) in [4.78, 5) is 25.7. The highest BCUT2D eigenvalue weighted by Gasteiger charge is 2.34. The van der Waals surface area contributed by atoms with Crippen LogP contribution in [0.5, 0.6) is 0 Å². The van der Waals surface area contributed by atoms with Crippen molar-refractivity contribution < 1.29 is 19.1 Å². The molecule has 0 unspecified atom stereocenters. The maximum Gasteiger partial charge on any atom is 0.339 e. The first-order valence-electron chi connectivity index (χ1n) is 13.5. The standard InChI is InChI=1S/C34H38O4/c1-15-16(2)18(4)24-12-26-20(6)28-14-30-22(8)32(34(36)38-10)31(33(35)37-9)21(7)29(30)13-27(28)19(5)25(26)11-23(24)17(15)3/h11-14H2,1-10H3. The Morgan fingerprint density at radius 1 is 0.395 bits per heavy atom. The highest BCUT2D eigenvalue weighted by Crippen LogP contribution is 2.44. The molecule has 0 bridgehead atoms. The summed E-state index contributed by atoms with van der Waals surface area (Å²) >= 11 is 0. The predicted molar refractivity (Wildman–Crippen MR) is 151 cm³/mol. The molecule has 4 heteroatoms. The lowest BCUT2D eigenvalue weighted by Gasteiger charge is -2.34. The van der Waals surface area contributed by atoms with Crippen LogP contribution in [0.3, 0.4) is 0 Å². The van der Waals surface area contributed by atoms with E-state index in [9.17, 15) is 9.59 Å². The van der Waals surface area contributed by atoms with Crippen molar-refractivity contribution in [2.75, 3.05) is 14.2 Å². The van der Waals surface area contributed by atoms with E-state index >= 15 is 0 Å². The maximum absolute atomic E-state index is 12.9. The summed E-state index contributed by atoms with van der Waals surface area (Å²) in [5, 5.41) is 0. The summed E-state index contributed by atoms with van der Waals surface area (Å²) in [5.74, 6) is -0.989. The van der Waals surface area contributed by atoms with E-state index < -0.39 is 11.9 Å². The SMILES string of the molecule is COC(=O)c1c(C)c2c(c(C)c1C(=O)OC)Cc1c(C)c3c(c(C)c1C2)Cc1c(C)c(C)c(C)c(C)c1C3. The van der Waals surface area contributed by atoms with Crippen LogP contribution < -0.4 is 0 Å². The Bertz CT molecular complexity index is 1470. The summed E-state index contributed by atoms with van der Waals surface area (Å²) in [6.07, 6.45) is 3.44. The average molecular weight is 511 g/mol. The van der Waals surface area contributed by atoms with Gasteiger partial charge in [0.05, 0.1) is 25.3 Å². The van der Waals surface area contributed by atoms with E-state index in [0.29, 0.717) is 11.1 Å². The summed E-state index contributed by atoms with van der Waals surface area (Å²) in [5.41, 5.74) is 21.7. The van der Waals surface area contributed by atoms with E-state index in [0.717, 1.165) is 47.9 Å². The van der Waals surface area contributed by atoms with Crippen molar-refractivity contribution in [3.63, 3.8) is 0 Å². The Morgan fingerprint density at radius 3 is 0.895 bits per heavy atom. The van der Waals surface area contributed by atoms with Crippen LogP contribution in [0.15, 0.2) is 0 Å². The van der Waals surface area contributed by atoms with Gasteiger partial charge in [0.25, 0.3) is 0 Å². The summed E-state index contributed by atoms with van der Waals surface area (Å²) in [6, 6.07) is 0. The van der Waals surface area contributed by atoms with Gasteiger partial charge in [-0.1, -0.05) is 0 Å². The average Bonchev–Trinajstić information content (AvgIpc) is 2.93. The number of carbonyl (C=O) groups is 2. The van der Waals surface area contributed by atoms with Crippen molar-refractivity contribution >= 4 is 11.9 Å². The topological polar surface area (TPSA) is 52.6 Å². The smallest absolute Gasteiger partial charge is 0.339 e. The van der Waals surface area contributed by atoms with Crippen LogP contribution in [0.1, 0.15) is 110 Å². The number of rotatable bonds is 2. The third kappa shape index (κ3) is 3.49. The molecule has 0 saturated carbocycles. The second-order valence-corrected chi connectivity index (χ2v) is 11.3. The molecule has 0 aromatic heterocycles. The molecule has 0 atom stereocenters. The number of ether oxygens (including phenoxy) is 2. The Hall–Kier alpha value is -3.40. The van der Waals surface area contributed by atoms with Crippen LogP contribution in [0.4, 0.5) is 0 Å². The van der Waals surface area contributed by atoms with Gasteiger partial charge in [0.2, 0.25) is 0 Å². The highest BCUT2D eigenvalue weighted by atomic mass is 16.5. The lowest BCUT2D eigenvalue weighted by molar-refractivity contribution is 0.0553. The van der Waals surface area contributed by atoms with Gasteiger partial charge in [0.15, 0.2) is 0 Å². The van der Waals surface area contributed by atoms with Gasteiger partial charge in [-0.15, -0.1) is 0 Å². The largest absolute Gasteiger partial charge is 0.465 e. The second kappa shape index (κ2) is 9.11. The summed E-state index contributed by atoms with van der Waals surface area (Å²) in [6.45, 7) is 17.5. The third-order valence-corrected chi connectivity index (χ3v) is 9.96. The zero-order valence-corrected chi connectivity index (χ0v) is 24.5. The molecule has 0 radical (unpaired) electrons. The predicted octanol–water partition coefficient (Wildman–Crippen LogP) is 6.72. The molecule has 0 heterocycles. The third-order valence-electron chi connectivity index (χ3n) is 9.96. The molecule has 0 fully saturated rings. The van der Waals surface area contributed by atoms with Crippen molar-refractivity contribution in [2.24, 2.45) is 0 Å². The first-order chi connectivity index (χ1) is 17.9. The van der Waals surface area contributed by atoms with E-state index in [-0.39, 0.29) is 0 Å². The number of benzene rings is 3. The highest BCUT2D eigenvalue weighted by molar-refractivity contribution is 6.06. The van der Waals surface area contributed by atoms with Gasteiger partial charge < -0.3 is 9.47 Å². The summed E-state index contributed by atoms with van der Waals surface area (Å²) < 4.78 is 10.2. The molecule has 0 aliphatic heterocycles. The van der Waals surface area contributed by atoms with Gasteiger partial charge in [0, 0.05) is 0 Å². The zero-order valence-electron chi connectivity index (χ0n) is 24.5. The zero-order chi connectivity index (χ0) is 27.8. The normalized spacial score (nSPS) is 13.3. The van der Waals surface area contributed by atoms with E-state index in [1.807, 2.05) is 13.8 Å². The molecule has 0 amide bonds. The molecule has 2 aliphatic carbocycles. The molecule has 4 nitrogen and oxygen atoms in total. The molecular weight excluding hydrogens is 472 g/mol. The molecule has 3 aromatic rings. The first-order valence-corrected chi connectivity index (χ1v) is 13.5. The van der Waals surface area contributed by atoms with E-state index in [2.05, 4.69) is 41.5 Å². The number of hydrogen-bond acceptors (Lipinski definition) is 4. The second-order valence-electron chi connectivity index (χ2n) is 11.3. The van der Waals surface area contributed by atoms with Crippen LogP contribution in [0, 0.1) is 55.4 Å². The van der Waals surface area contributed by atoms with Crippen LogP contribution in [-0.4, -0.2) is 26.2 Å². The van der Waals surface area contributed by atoms with Crippen molar-refractivity contribution in [1.29, 1.82) is 0 Å². The number of methoxy groups -OCH3 is 2. The van der Waals surface area contributed by atoms with Crippen LogP contribution in [-0.2, 0) is 35.2 Å². The van der Waals surface area contributed by atoms with Crippen molar-refractivity contribution in [3.8, 4) is 0 Å². The molecule has 0 N–H and O–H groups in total. The van der Waals surface area contributed by atoms with Gasteiger partial charge in [-0.2, -0.15) is 0 Å². The van der Waals surface area contributed by atoms with Crippen molar-refractivity contribution in [2.45, 2.75) is 81.1 Å². The maximum atomic E-state index is 12.9. The van der Waals surface area contributed by atoms with Crippen LogP contribution >= 0.6 is 0 Å². The number of fused-ring (bicyclic) bond motifs is 4. The Labute approximate surface area is 226 Å². The lowest BCUT2D eigenvalue weighted by Crippen LogP contribution is -2.24. The molecule has 2 aliphatic rings. The van der Waals surface area contributed by atoms with Crippen molar-refractivity contribution in [1.82, 2.24) is 0 Å². The van der Waals surface area contributed by atoms with E-state index in [1.165, 1.54) is 81.0 Å². The molecule has 3 aromatic carbocycles. The number of hydrogen-bond donors (Lipinski definition) is 0. The fourth-order valence-corrected chi connectivity index (χ4v) is 7.20. The van der Waals surface area contributed by atoms with Gasteiger partial charge in [-0.3, -0.25) is 0 Å². The minimum absolute atomic E-state index is 0.331. The Kier molecular flexibility index (Phi) is 6.29. The molecule has 0 spiro atoms. The molecule has 5 rings (SSSR count). The molecular formula is C34H38O4. The lowest BCUT2D eigenvalue weighted by atomic mass is 9.70. The van der Waals surface area contributed by atoms with Crippen LogP contribution in [0.2, 0.25) is 0 Å². The van der Waals surface area contributed by atoms with Gasteiger partial charge in [-0.05, 0) is 170 Å². The Morgan fingerprint density at radius 2 is 0.632 bits per heavy atom. The molecule has 198 valence electrons. The number of esters is 2. The van der Waals surface area contributed by atoms with Crippen LogP contribution in [0.25, 0.3) is 0 Å². The first kappa shape index (κ1) is 26.2. The minimum Gasteiger partial charge on any atom is -0.465 e. The monoisotopic (exact) mass is 510 g/mol. The quantitative estimate of drug-likeness (QED) is 0.248. The van der Waals surface area contributed by atoms with E-state index in [1.54, 1.807) is 0 Å². The minimum atomic E-state index is -0.494. The fourth-order valence-electron chi connectivity index (χ4n) is 7.20. The Balaban J connectivity index is 1.73. The molecule has 38 heavy (non-hydrogen) atoms. The van der Waals surface area contributed by atoms with Gasteiger partial charge >= 0.3 is 11.9 Å². The number of carbonyl (C=O) groups excluding carboxylic acids is 2. The van der Waals surface area contributed by atoms with Gasteiger partial charge in [0.1, 0.15) is 0 Å². The van der Waals surface area contributed by atoms with E-state index in [4.69, 9.17) is 9.47 Å². The van der Waals surface area contributed by atoms with Crippen molar-refractivity contribution in [3.05, 3.63) is 100 Å². The fraction of sp³-hybridized carbons (Fsp3) is 0.412. The molecule has 0 saturated heterocycles.